The van der Waals surface area contributed by atoms with Crippen LogP contribution in [0.15, 0.2) is 12.2 Å². The number of carboxylic acids is 1. The maximum atomic E-state index is 12.0. The predicted octanol–water partition coefficient (Wildman–Crippen LogP) is 1.60. The number of nitrogens with zero attached hydrogens (tertiary/aromatic N) is 1. The van der Waals surface area contributed by atoms with Crippen molar-refractivity contribution in [2.45, 2.75) is 45.2 Å². The van der Waals surface area contributed by atoms with Crippen molar-refractivity contribution in [2.75, 3.05) is 6.54 Å². The SMILES string of the molecule is CC(C)(C)N(CC(=O)O)C(=O)NC1CC=CC1. The molecule has 0 unspecified atom stereocenters. The second-order valence-electron chi connectivity index (χ2n) is 5.24. The lowest BCUT2D eigenvalue weighted by Gasteiger charge is -2.35. The Morgan fingerprint density at radius 3 is 2.29 bits per heavy atom. The number of urea groups is 1. The Morgan fingerprint density at radius 2 is 1.88 bits per heavy atom. The maximum Gasteiger partial charge on any atom is 0.323 e. The summed E-state index contributed by atoms with van der Waals surface area (Å²) in [5.74, 6) is -1.00. The van der Waals surface area contributed by atoms with E-state index in [0.29, 0.717) is 0 Å². The first kappa shape index (κ1) is 13.5. The third kappa shape index (κ3) is 4.09. The van der Waals surface area contributed by atoms with Crippen LogP contribution in [0.2, 0.25) is 0 Å². The van der Waals surface area contributed by atoms with E-state index < -0.39 is 11.5 Å². The molecule has 1 aliphatic rings. The molecule has 0 aliphatic heterocycles. The predicted molar refractivity (Wildman–Crippen MR) is 64.8 cm³/mol. The molecule has 5 nitrogen and oxygen atoms in total. The quantitative estimate of drug-likeness (QED) is 0.736. The Kier molecular flexibility index (Phi) is 4.15. The van der Waals surface area contributed by atoms with Crippen molar-refractivity contribution in [3.8, 4) is 0 Å². The lowest BCUT2D eigenvalue weighted by atomic mass is 10.1. The normalized spacial score (nSPS) is 15.9. The molecule has 0 heterocycles. The van der Waals surface area contributed by atoms with E-state index in [1.165, 1.54) is 4.90 Å². The number of hydrogen-bond donors (Lipinski definition) is 2. The molecule has 0 radical (unpaired) electrons. The summed E-state index contributed by atoms with van der Waals surface area (Å²) in [6, 6.07) is -0.213. The van der Waals surface area contributed by atoms with Crippen molar-refractivity contribution in [2.24, 2.45) is 0 Å². The minimum Gasteiger partial charge on any atom is -0.480 e. The van der Waals surface area contributed by atoms with Crippen LogP contribution < -0.4 is 5.32 Å². The highest BCUT2D eigenvalue weighted by atomic mass is 16.4. The van der Waals surface area contributed by atoms with E-state index in [1.54, 1.807) is 0 Å². The minimum atomic E-state index is -1.00. The molecule has 1 rings (SSSR count). The molecular formula is C12H20N2O3. The molecule has 0 spiro atoms. The highest BCUT2D eigenvalue weighted by Crippen LogP contribution is 2.15. The lowest BCUT2D eigenvalue weighted by Crippen LogP contribution is -2.54. The number of rotatable bonds is 3. The Bertz CT molecular complexity index is 323. The van der Waals surface area contributed by atoms with Gasteiger partial charge in [-0.1, -0.05) is 12.2 Å². The molecule has 5 heteroatoms. The van der Waals surface area contributed by atoms with Crippen molar-refractivity contribution in [3.05, 3.63) is 12.2 Å². The van der Waals surface area contributed by atoms with Crippen molar-refractivity contribution in [1.82, 2.24) is 10.2 Å². The van der Waals surface area contributed by atoms with Crippen molar-refractivity contribution in [3.63, 3.8) is 0 Å². The molecule has 17 heavy (non-hydrogen) atoms. The molecule has 0 aromatic rings. The summed E-state index contributed by atoms with van der Waals surface area (Å²) in [4.78, 5) is 24.1. The van der Waals surface area contributed by atoms with Gasteiger partial charge in [0.1, 0.15) is 6.54 Å². The first-order chi connectivity index (χ1) is 7.80. The van der Waals surface area contributed by atoms with Gasteiger partial charge in [-0.25, -0.2) is 4.79 Å². The van der Waals surface area contributed by atoms with Gasteiger partial charge in [0.25, 0.3) is 0 Å². The summed E-state index contributed by atoms with van der Waals surface area (Å²) in [6.07, 6.45) is 5.67. The lowest BCUT2D eigenvalue weighted by molar-refractivity contribution is -0.138. The van der Waals surface area contributed by atoms with Crippen LogP contribution in [0.5, 0.6) is 0 Å². The molecule has 0 atom stereocenters. The second kappa shape index (κ2) is 5.21. The summed E-state index contributed by atoms with van der Waals surface area (Å²) >= 11 is 0. The van der Waals surface area contributed by atoms with E-state index in [0.717, 1.165) is 12.8 Å². The van der Waals surface area contributed by atoms with Crippen molar-refractivity contribution in [1.29, 1.82) is 0 Å². The summed E-state index contributed by atoms with van der Waals surface area (Å²) in [5.41, 5.74) is -0.505. The molecular weight excluding hydrogens is 220 g/mol. The molecule has 0 aromatic carbocycles. The van der Waals surface area contributed by atoms with Gasteiger partial charge in [-0.15, -0.1) is 0 Å². The zero-order chi connectivity index (χ0) is 13.1. The van der Waals surface area contributed by atoms with Gasteiger partial charge in [0.15, 0.2) is 0 Å². The molecule has 2 amide bonds. The summed E-state index contributed by atoms with van der Waals surface area (Å²) < 4.78 is 0. The fourth-order valence-corrected chi connectivity index (χ4v) is 1.74. The Labute approximate surface area is 101 Å². The Balaban J connectivity index is 2.62. The molecule has 1 aliphatic carbocycles. The number of carboxylic acid groups (broad SMARTS) is 1. The van der Waals surface area contributed by atoms with Crippen LogP contribution in [0.1, 0.15) is 33.6 Å². The van der Waals surface area contributed by atoms with Crippen LogP contribution in [-0.2, 0) is 4.79 Å². The third-order valence-corrected chi connectivity index (χ3v) is 2.68. The molecule has 0 saturated carbocycles. The number of hydrogen-bond acceptors (Lipinski definition) is 2. The molecule has 2 N–H and O–H groups in total. The van der Waals surface area contributed by atoms with E-state index in [1.807, 2.05) is 32.9 Å². The zero-order valence-electron chi connectivity index (χ0n) is 10.6. The van der Waals surface area contributed by atoms with Crippen LogP contribution in [0.3, 0.4) is 0 Å². The summed E-state index contributed by atoms with van der Waals surface area (Å²) in [6.45, 7) is 5.18. The highest BCUT2D eigenvalue weighted by Gasteiger charge is 2.29. The van der Waals surface area contributed by atoms with Crippen LogP contribution >= 0.6 is 0 Å². The van der Waals surface area contributed by atoms with E-state index in [9.17, 15) is 9.59 Å². The largest absolute Gasteiger partial charge is 0.480 e. The van der Waals surface area contributed by atoms with Gasteiger partial charge >= 0.3 is 12.0 Å². The van der Waals surface area contributed by atoms with Crippen LogP contribution in [0.4, 0.5) is 4.79 Å². The van der Waals surface area contributed by atoms with Gasteiger partial charge in [0.2, 0.25) is 0 Å². The van der Waals surface area contributed by atoms with Crippen molar-refractivity contribution < 1.29 is 14.7 Å². The molecule has 0 bridgehead atoms. The second-order valence-corrected chi connectivity index (χ2v) is 5.24. The van der Waals surface area contributed by atoms with Gasteiger partial charge in [-0.05, 0) is 33.6 Å². The summed E-state index contributed by atoms with van der Waals surface area (Å²) in [7, 11) is 0. The topological polar surface area (TPSA) is 69.6 Å². The van der Waals surface area contributed by atoms with E-state index in [4.69, 9.17) is 5.11 Å². The third-order valence-electron chi connectivity index (χ3n) is 2.68. The van der Waals surface area contributed by atoms with Gasteiger partial charge in [-0.2, -0.15) is 0 Å². The molecule has 0 aromatic heterocycles. The van der Waals surface area contributed by atoms with Gasteiger partial charge in [0, 0.05) is 11.6 Å². The minimum absolute atomic E-state index is 0.0983. The molecule has 96 valence electrons. The molecule has 0 fully saturated rings. The standard InChI is InChI=1S/C12H20N2O3/c1-12(2,3)14(8-10(15)16)11(17)13-9-6-4-5-7-9/h4-5,9H,6-8H2,1-3H3,(H,13,17)(H,15,16). The maximum absolute atomic E-state index is 12.0. The number of carbonyl (C=O) groups is 2. The average Bonchev–Trinajstić information content (AvgIpc) is 2.64. The average molecular weight is 240 g/mol. The number of aliphatic carboxylic acids is 1. The van der Waals surface area contributed by atoms with Gasteiger partial charge < -0.3 is 15.3 Å². The Hall–Kier alpha value is -1.52. The van der Waals surface area contributed by atoms with Gasteiger partial charge in [-0.3, -0.25) is 4.79 Å². The monoisotopic (exact) mass is 240 g/mol. The first-order valence-corrected chi connectivity index (χ1v) is 5.75. The molecule has 0 saturated heterocycles. The van der Waals surface area contributed by atoms with E-state index >= 15 is 0 Å². The summed E-state index contributed by atoms with van der Waals surface area (Å²) in [5, 5.41) is 11.7. The zero-order valence-corrected chi connectivity index (χ0v) is 10.6. The fraction of sp³-hybridized carbons (Fsp3) is 0.667. The van der Waals surface area contributed by atoms with Crippen LogP contribution in [0.25, 0.3) is 0 Å². The first-order valence-electron chi connectivity index (χ1n) is 5.75. The van der Waals surface area contributed by atoms with E-state index in [2.05, 4.69) is 5.32 Å². The highest BCUT2D eigenvalue weighted by molar-refractivity contribution is 5.81. The van der Waals surface area contributed by atoms with Crippen molar-refractivity contribution >= 4 is 12.0 Å². The Morgan fingerprint density at radius 1 is 1.35 bits per heavy atom. The fourth-order valence-electron chi connectivity index (χ4n) is 1.74. The number of carbonyl (C=O) groups excluding carboxylic acids is 1. The van der Waals surface area contributed by atoms with Crippen LogP contribution in [0, 0.1) is 0 Å². The van der Waals surface area contributed by atoms with Gasteiger partial charge in [0.05, 0.1) is 0 Å². The number of amides is 2. The van der Waals surface area contributed by atoms with E-state index in [-0.39, 0.29) is 18.6 Å². The smallest absolute Gasteiger partial charge is 0.323 e. The number of nitrogens with one attached hydrogen (secondary N) is 1. The van der Waals surface area contributed by atoms with Crippen LogP contribution in [-0.4, -0.2) is 40.1 Å².